The summed E-state index contributed by atoms with van der Waals surface area (Å²) < 4.78 is 5.74. The quantitative estimate of drug-likeness (QED) is 0.878. The number of rotatable bonds is 4. The summed E-state index contributed by atoms with van der Waals surface area (Å²) in [5.41, 5.74) is 8.39. The summed E-state index contributed by atoms with van der Waals surface area (Å²) in [5, 5.41) is 0. The lowest BCUT2D eigenvalue weighted by molar-refractivity contribution is -0.122. The second-order valence-electron chi connectivity index (χ2n) is 8.43. The Morgan fingerprint density at radius 3 is 2.36 bits per heavy atom. The second-order valence-corrected chi connectivity index (χ2v) is 8.43. The lowest BCUT2D eigenvalue weighted by Gasteiger charge is -2.38. The van der Waals surface area contributed by atoms with Gasteiger partial charge in [-0.25, -0.2) is 0 Å². The molecule has 0 saturated heterocycles. The Hall–Kier alpha value is -2.82. The number of anilines is 1. The molecule has 3 rings (SSSR count). The molecule has 0 fully saturated rings. The molecule has 0 unspecified atom stereocenters. The fourth-order valence-electron chi connectivity index (χ4n) is 3.73. The Morgan fingerprint density at radius 1 is 1.11 bits per heavy atom. The van der Waals surface area contributed by atoms with Crippen LogP contribution in [0.25, 0.3) is 0 Å². The maximum Gasteiger partial charge on any atom is 0.265 e. The van der Waals surface area contributed by atoms with E-state index in [9.17, 15) is 9.59 Å². The number of amides is 2. The summed E-state index contributed by atoms with van der Waals surface area (Å²) >= 11 is 0. The molecule has 0 bridgehead atoms. The average Bonchev–Trinajstić information content (AvgIpc) is 2.65. The predicted octanol–water partition coefficient (Wildman–Crippen LogP) is 3.76. The highest BCUT2D eigenvalue weighted by Gasteiger charge is 2.36. The molecule has 2 N–H and O–H groups in total. The fourth-order valence-corrected chi connectivity index (χ4v) is 3.73. The van der Waals surface area contributed by atoms with E-state index in [-0.39, 0.29) is 35.8 Å². The van der Waals surface area contributed by atoms with E-state index in [2.05, 4.69) is 20.8 Å². The number of carbonyl (C=O) groups is 2. The summed E-state index contributed by atoms with van der Waals surface area (Å²) in [6.07, 6.45) is 0.512. The molecule has 0 spiro atoms. The van der Waals surface area contributed by atoms with Crippen molar-refractivity contribution < 1.29 is 14.3 Å². The van der Waals surface area contributed by atoms with E-state index in [0.29, 0.717) is 12.2 Å². The van der Waals surface area contributed by atoms with Crippen LogP contribution in [0.3, 0.4) is 0 Å². The van der Waals surface area contributed by atoms with E-state index in [1.54, 1.807) is 4.90 Å². The van der Waals surface area contributed by atoms with Crippen molar-refractivity contribution in [3.63, 3.8) is 0 Å². The van der Waals surface area contributed by atoms with Crippen molar-refractivity contribution in [1.29, 1.82) is 0 Å². The minimum Gasteiger partial charge on any atom is -0.484 e. The van der Waals surface area contributed by atoms with E-state index in [1.165, 1.54) is 5.56 Å². The maximum absolute atomic E-state index is 12.9. The molecule has 2 aromatic rings. The summed E-state index contributed by atoms with van der Waals surface area (Å²) in [4.78, 5) is 26.5. The first-order valence-electron chi connectivity index (χ1n) is 9.62. The van der Waals surface area contributed by atoms with E-state index >= 15 is 0 Å². The molecular formula is C23H28N2O3. The van der Waals surface area contributed by atoms with Crippen LogP contribution in [0.15, 0.2) is 48.5 Å². The Balaban J connectivity index is 1.75. The molecule has 1 aliphatic heterocycles. The molecule has 2 aromatic carbocycles. The van der Waals surface area contributed by atoms with Gasteiger partial charge in [0.15, 0.2) is 6.61 Å². The first-order chi connectivity index (χ1) is 13.2. The minimum atomic E-state index is -0.374. The van der Waals surface area contributed by atoms with Gasteiger partial charge in [-0.2, -0.15) is 0 Å². The molecule has 5 heteroatoms. The van der Waals surface area contributed by atoms with Gasteiger partial charge in [0, 0.05) is 11.7 Å². The van der Waals surface area contributed by atoms with Crippen LogP contribution < -0.4 is 15.4 Å². The normalized spacial score (nSPS) is 19.1. The zero-order chi connectivity index (χ0) is 20.5. The van der Waals surface area contributed by atoms with Gasteiger partial charge in [0.25, 0.3) is 5.91 Å². The number of nitrogens with two attached hydrogens (primary N) is 1. The Kier molecular flexibility index (Phi) is 5.45. The molecule has 0 aromatic heterocycles. The van der Waals surface area contributed by atoms with E-state index in [0.717, 1.165) is 11.3 Å². The van der Waals surface area contributed by atoms with Crippen LogP contribution in [-0.4, -0.2) is 24.5 Å². The number of benzene rings is 2. The van der Waals surface area contributed by atoms with Crippen molar-refractivity contribution in [1.82, 2.24) is 0 Å². The van der Waals surface area contributed by atoms with Crippen LogP contribution >= 0.6 is 0 Å². The number of carbonyl (C=O) groups excluding carboxylic acids is 2. The highest BCUT2D eigenvalue weighted by molar-refractivity contribution is 5.98. The summed E-state index contributed by atoms with van der Waals surface area (Å²) in [5.74, 6) is -0.209. The van der Waals surface area contributed by atoms with Crippen LogP contribution in [0.4, 0.5) is 5.69 Å². The van der Waals surface area contributed by atoms with Crippen LogP contribution in [0, 0.1) is 0 Å². The van der Waals surface area contributed by atoms with E-state index in [4.69, 9.17) is 10.5 Å². The highest BCUT2D eigenvalue weighted by atomic mass is 16.5. The highest BCUT2D eigenvalue weighted by Crippen LogP contribution is 2.38. The average molecular weight is 380 g/mol. The molecule has 5 nitrogen and oxygen atoms in total. The van der Waals surface area contributed by atoms with Gasteiger partial charge in [-0.3, -0.25) is 9.59 Å². The maximum atomic E-state index is 12.9. The third-order valence-electron chi connectivity index (χ3n) is 5.28. The van der Waals surface area contributed by atoms with Crippen molar-refractivity contribution >= 4 is 17.5 Å². The largest absolute Gasteiger partial charge is 0.484 e. The van der Waals surface area contributed by atoms with Gasteiger partial charge in [0.05, 0.1) is 5.92 Å². The Morgan fingerprint density at radius 2 is 1.75 bits per heavy atom. The molecule has 0 saturated carbocycles. The number of hydrogen-bond donors (Lipinski definition) is 1. The smallest absolute Gasteiger partial charge is 0.265 e. The molecular weight excluding hydrogens is 352 g/mol. The molecule has 148 valence electrons. The molecule has 1 heterocycles. The summed E-state index contributed by atoms with van der Waals surface area (Å²) in [7, 11) is 0. The Bertz CT molecular complexity index is 868. The lowest BCUT2D eigenvalue weighted by atomic mass is 9.85. The Labute approximate surface area is 166 Å². The molecule has 2 atom stereocenters. The van der Waals surface area contributed by atoms with Crippen molar-refractivity contribution in [3.8, 4) is 5.75 Å². The summed E-state index contributed by atoms with van der Waals surface area (Å²) in [6.45, 7) is 8.33. The first-order valence-corrected chi connectivity index (χ1v) is 9.62. The number of nitrogens with zero attached hydrogens (tertiary/aromatic N) is 1. The van der Waals surface area contributed by atoms with Gasteiger partial charge in [0.1, 0.15) is 5.75 Å². The number of fused-ring (bicyclic) bond motifs is 1. The fraction of sp³-hybridized carbons (Fsp3) is 0.391. The van der Waals surface area contributed by atoms with Crippen molar-refractivity contribution in [2.45, 2.75) is 51.5 Å². The first kappa shape index (κ1) is 19.9. The van der Waals surface area contributed by atoms with Crippen LogP contribution in [0.2, 0.25) is 0 Å². The molecule has 1 aliphatic rings. The predicted molar refractivity (Wildman–Crippen MR) is 111 cm³/mol. The van der Waals surface area contributed by atoms with Crippen LogP contribution in [0.5, 0.6) is 5.75 Å². The second kappa shape index (κ2) is 7.66. The standard InChI is InChI=1S/C23H28N2O3/c1-15-13-19(22(24)27)18-7-5-6-8-20(18)25(15)21(26)14-28-17-11-9-16(10-12-17)23(2,3)4/h5-12,15,19H,13-14H2,1-4H3,(H2,24,27)/t15-,19+/m1/s1. The number of para-hydroxylation sites is 1. The monoisotopic (exact) mass is 380 g/mol. The molecule has 0 radical (unpaired) electrons. The van der Waals surface area contributed by atoms with Crippen LogP contribution in [-0.2, 0) is 15.0 Å². The zero-order valence-electron chi connectivity index (χ0n) is 16.9. The SMILES string of the molecule is C[C@@H]1C[C@H](C(N)=O)c2ccccc2N1C(=O)COc1ccc(C(C)(C)C)cc1. The third kappa shape index (κ3) is 4.03. The summed E-state index contributed by atoms with van der Waals surface area (Å²) in [6, 6.07) is 15.1. The van der Waals surface area contributed by atoms with Crippen LogP contribution in [0.1, 0.15) is 51.2 Å². The topological polar surface area (TPSA) is 72.6 Å². The van der Waals surface area contributed by atoms with E-state index in [1.807, 2.05) is 55.5 Å². The van der Waals surface area contributed by atoms with Gasteiger partial charge >= 0.3 is 0 Å². The van der Waals surface area contributed by atoms with Crippen molar-refractivity contribution in [2.75, 3.05) is 11.5 Å². The number of hydrogen-bond acceptors (Lipinski definition) is 3. The van der Waals surface area contributed by atoms with Gasteiger partial charge in [-0.05, 0) is 48.1 Å². The number of primary amides is 1. The molecule has 2 amide bonds. The van der Waals surface area contributed by atoms with Gasteiger partial charge in [-0.1, -0.05) is 51.1 Å². The molecule has 28 heavy (non-hydrogen) atoms. The minimum absolute atomic E-state index is 0.0607. The lowest BCUT2D eigenvalue weighted by Crippen LogP contribution is -2.47. The number of ether oxygens (including phenoxy) is 1. The van der Waals surface area contributed by atoms with Crippen molar-refractivity contribution in [3.05, 3.63) is 59.7 Å². The van der Waals surface area contributed by atoms with Gasteiger partial charge in [-0.15, -0.1) is 0 Å². The van der Waals surface area contributed by atoms with Gasteiger partial charge < -0.3 is 15.4 Å². The zero-order valence-corrected chi connectivity index (χ0v) is 16.9. The molecule has 0 aliphatic carbocycles. The van der Waals surface area contributed by atoms with Gasteiger partial charge in [0.2, 0.25) is 5.91 Å². The van der Waals surface area contributed by atoms with E-state index < -0.39 is 0 Å². The third-order valence-corrected chi connectivity index (χ3v) is 5.28. The van der Waals surface area contributed by atoms with Crippen molar-refractivity contribution in [2.24, 2.45) is 5.73 Å².